The Morgan fingerprint density at radius 1 is 1.00 bits per heavy atom. The highest BCUT2D eigenvalue weighted by Gasteiger charge is 2.09. The van der Waals surface area contributed by atoms with E-state index in [1.165, 1.54) is 11.6 Å². The number of hydrogen-bond acceptors (Lipinski definition) is 5. The maximum Gasteiger partial charge on any atom is 0.311 e. The number of nitrogens with zero attached hydrogens (tertiary/aromatic N) is 1. The number of aryl methyl sites for hydroxylation is 1. The second-order valence-corrected chi connectivity index (χ2v) is 7.27. The van der Waals surface area contributed by atoms with Crippen molar-refractivity contribution in [3.05, 3.63) is 65.2 Å². The molecule has 0 aliphatic rings. The minimum absolute atomic E-state index is 0.0372. The lowest BCUT2D eigenvalue weighted by Gasteiger charge is -2.07. The smallest absolute Gasteiger partial charge is 0.311 e. The highest BCUT2D eigenvalue weighted by molar-refractivity contribution is 6.01. The van der Waals surface area contributed by atoms with Gasteiger partial charge in [-0.2, -0.15) is 5.26 Å². The summed E-state index contributed by atoms with van der Waals surface area (Å²) in [5.41, 5.74) is 1.96. The molecule has 0 unspecified atom stereocenters. The van der Waals surface area contributed by atoms with E-state index in [0.717, 1.165) is 25.0 Å². The first-order valence-corrected chi connectivity index (χ1v) is 11.0. The molecule has 0 aromatic heterocycles. The summed E-state index contributed by atoms with van der Waals surface area (Å²) < 4.78 is 11.0. The molecule has 2 rings (SSSR count). The molecular formula is C26H30N2O4. The molecule has 0 radical (unpaired) electrons. The molecule has 0 saturated heterocycles. The quantitative estimate of drug-likeness (QED) is 0.170. The van der Waals surface area contributed by atoms with Crippen molar-refractivity contribution in [1.82, 2.24) is 5.32 Å². The van der Waals surface area contributed by atoms with Gasteiger partial charge in [0, 0.05) is 13.0 Å². The lowest BCUT2D eigenvalue weighted by Crippen LogP contribution is -2.25. The van der Waals surface area contributed by atoms with Crippen LogP contribution in [-0.2, 0) is 16.0 Å². The predicted molar refractivity (Wildman–Crippen MR) is 124 cm³/mol. The van der Waals surface area contributed by atoms with E-state index in [-0.39, 0.29) is 23.9 Å². The largest absolute Gasteiger partial charge is 0.494 e. The molecule has 6 heteroatoms. The van der Waals surface area contributed by atoms with Gasteiger partial charge in [0.2, 0.25) is 0 Å². The first-order valence-electron chi connectivity index (χ1n) is 11.0. The van der Waals surface area contributed by atoms with Crippen molar-refractivity contribution in [2.75, 3.05) is 13.2 Å². The van der Waals surface area contributed by atoms with Crippen LogP contribution in [0.5, 0.6) is 11.5 Å². The van der Waals surface area contributed by atoms with E-state index in [0.29, 0.717) is 30.9 Å². The van der Waals surface area contributed by atoms with Crippen LogP contribution in [0.1, 0.15) is 50.7 Å². The summed E-state index contributed by atoms with van der Waals surface area (Å²) in [6, 6.07) is 16.5. The summed E-state index contributed by atoms with van der Waals surface area (Å²) in [6.45, 7) is 5.10. The maximum atomic E-state index is 12.0. The van der Waals surface area contributed by atoms with Crippen LogP contribution in [0.3, 0.4) is 0 Å². The number of esters is 1. The lowest BCUT2D eigenvalue weighted by atomic mass is 10.1. The Hall–Kier alpha value is -3.59. The Bertz CT molecular complexity index is 941. The predicted octanol–water partition coefficient (Wildman–Crippen LogP) is 4.84. The first-order chi connectivity index (χ1) is 15.5. The van der Waals surface area contributed by atoms with Gasteiger partial charge < -0.3 is 14.8 Å². The number of unbranched alkanes of at least 4 members (excludes halogenated alkanes) is 1. The molecule has 1 amide bonds. The van der Waals surface area contributed by atoms with Gasteiger partial charge >= 0.3 is 5.97 Å². The van der Waals surface area contributed by atoms with Crippen LogP contribution >= 0.6 is 0 Å². The third-order valence-electron chi connectivity index (χ3n) is 4.73. The van der Waals surface area contributed by atoms with Crippen LogP contribution < -0.4 is 14.8 Å². The number of benzene rings is 2. The van der Waals surface area contributed by atoms with Crippen molar-refractivity contribution >= 4 is 18.0 Å². The number of carbonyl (C=O) groups excluding carboxylic acids is 2. The molecule has 0 spiro atoms. The summed E-state index contributed by atoms with van der Waals surface area (Å²) in [5.74, 6) is 0.468. The fraction of sp³-hybridized carbons (Fsp3) is 0.346. The normalized spacial score (nSPS) is 10.8. The van der Waals surface area contributed by atoms with Gasteiger partial charge in [-0.1, -0.05) is 44.5 Å². The molecule has 0 bridgehead atoms. The van der Waals surface area contributed by atoms with E-state index in [1.807, 2.05) is 37.3 Å². The zero-order valence-electron chi connectivity index (χ0n) is 18.7. The Balaban J connectivity index is 1.77. The van der Waals surface area contributed by atoms with E-state index in [4.69, 9.17) is 9.47 Å². The molecule has 0 atom stereocenters. The van der Waals surface area contributed by atoms with Crippen LogP contribution in [0.25, 0.3) is 6.08 Å². The highest BCUT2D eigenvalue weighted by Crippen LogP contribution is 2.16. The average molecular weight is 435 g/mol. The summed E-state index contributed by atoms with van der Waals surface area (Å²) in [5, 5.41) is 12.0. The molecule has 1 N–H and O–H groups in total. The molecule has 0 saturated carbocycles. The summed E-state index contributed by atoms with van der Waals surface area (Å²) in [6.07, 6.45) is 5.11. The molecule has 0 heterocycles. The van der Waals surface area contributed by atoms with Gasteiger partial charge in [0.05, 0.1) is 6.61 Å². The Labute approximate surface area is 189 Å². The van der Waals surface area contributed by atoms with Gasteiger partial charge in [-0.05, 0) is 60.7 Å². The average Bonchev–Trinajstić information content (AvgIpc) is 2.81. The molecular weight excluding hydrogens is 404 g/mol. The number of carbonyl (C=O) groups is 2. The molecule has 0 aliphatic heterocycles. The second kappa shape index (κ2) is 13.7. The maximum absolute atomic E-state index is 12.0. The molecule has 0 fully saturated rings. The minimum Gasteiger partial charge on any atom is -0.494 e. The van der Waals surface area contributed by atoms with Gasteiger partial charge in [0.1, 0.15) is 23.1 Å². The van der Waals surface area contributed by atoms with Crippen molar-refractivity contribution in [2.24, 2.45) is 0 Å². The van der Waals surface area contributed by atoms with Crippen LogP contribution in [0.2, 0.25) is 0 Å². The Morgan fingerprint density at radius 3 is 2.31 bits per heavy atom. The monoisotopic (exact) mass is 434 g/mol. The zero-order valence-corrected chi connectivity index (χ0v) is 18.7. The third-order valence-corrected chi connectivity index (χ3v) is 4.73. The lowest BCUT2D eigenvalue weighted by molar-refractivity contribution is -0.134. The second-order valence-electron chi connectivity index (χ2n) is 7.27. The SMILES string of the molecule is CCCCNC(=O)/C(C#N)=C/c1ccc(OC(=O)CCCOc2ccc(CC)cc2)cc1. The van der Waals surface area contributed by atoms with E-state index >= 15 is 0 Å². The molecule has 2 aromatic carbocycles. The highest BCUT2D eigenvalue weighted by atomic mass is 16.5. The van der Waals surface area contributed by atoms with Crippen LogP contribution in [0, 0.1) is 11.3 Å². The van der Waals surface area contributed by atoms with Crippen molar-refractivity contribution in [2.45, 2.75) is 46.0 Å². The summed E-state index contributed by atoms with van der Waals surface area (Å²) in [7, 11) is 0. The number of rotatable bonds is 12. The van der Waals surface area contributed by atoms with Gasteiger partial charge in [-0.25, -0.2) is 0 Å². The van der Waals surface area contributed by atoms with E-state index in [2.05, 4.69) is 12.2 Å². The van der Waals surface area contributed by atoms with Crippen LogP contribution in [-0.4, -0.2) is 25.0 Å². The molecule has 168 valence electrons. The Morgan fingerprint density at radius 2 is 1.69 bits per heavy atom. The van der Waals surface area contributed by atoms with Crippen molar-refractivity contribution in [3.8, 4) is 17.6 Å². The molecule has 6 nitrogen and oxygen atoms in total. The van der Waals surface area contributed by atoms with E-state index in [1.54, 1.807) is 24.3 Å². The Kier molecular flexibility index (Phi) is 10.5. The number of hydrogen-bond donors (Lipinski definition) is 1. The standard InChI is InChI=1S/C26H30N2O4/c1-3-5-16-28-26(30)22(19-27)18-21-10-14-24(15-11-21)32-25(29)7-6-17-31-23-12-8-20(4-2)9-13-23/h8-15,18H,3-7,16-17H2,1-2H3,(H,28,30)/b22-18+. The van der Waals surface area contributed by atoms with Gasteiger partial charge in [-0.3, -0.25) is 9.59 Å². The van der Waals surface area contributed by atoms with Crippen molar-refractivity contribution in [3.63, 3.8) is 0 Å². The molecule has 2 aromatic rings. The first kappa shape index (κ1) is 24.7. The van der Waals surface area contributed by atoms with Crippen molar-refractivity contribution in [1.29, 1.82) is 5.26 Å². The number of nitrogens with one attached hydrogen (secondary N) is 1. The number of nitriles is 1. The van der Waals surface area contributed by atoms with Gasteiger partial charge in [0.25, 0.3) is 5.91 Å². The summed E-state index contributed by atoms with van der Waals surface area (Å²) >= 11 is 0. The van der Waals surface area contributed by atoms with E-state index < -0.39 is 0 Å². The zero-order chi connectivity index (χ0) is 23.2. The number of amides is 1. The van der Waals surface area contributed by atoms with E-state index in [9.17, 15) is 14.9 Å². The van der Waals surface area contributed by atoms with Crippen molar-refractivity contribution < 1.29 is 19.1 Å². The summed E-state index contributed by atoms with van der Waals surface area (Å²) in [4.78, 5) is 24.1. The number of ether oxygens (including phenoxy) is 2. The molecule has 0 aliphatic carbocycles. The van der Waals surface area contributed by atoms with Gasteiger partial charge in [-0.15, -0.1) is 0 Å². The fourth-order valence-electron chi connectivity index (χ4n) is 2.83. The van der Waals surface area contributed by atoms with Gasteiger partial charge in [0.15, 0.2) is 0 Å². The molecule has 32 heavy (non-hydrogen) atoms. The topological polar surface area (TPSA) is 88.4 Å². The fourth-order valence-corrected chi connectivity index (χ4v) is 2.83. The van der Waals surface area contributed by atoms with Crippen LogP contribution in [0.4, 0.5) is 0 Å². The van der Waals surface area contributed by atoms with Crippen LogP contribution in [0.15, 0.2) is 54.1 Å². The third kappa shape index (κ3) is 8.65. The minimum atomic E-state index is -0.389.